The fourth-order valence-electron chi connectivity index (χ4n) is 1.59. The molecule has 6 nitrogen and oxygen atoms in total. The van der Waals surface area contributed by atoms with Crippen LogP contribution in [0.2, 0.25) is 0 Å². The number of hydrogen-bond acceptors (Lipinski definition) is 4. The smallest absolute Gasteiger partial charge is 0.243 e. The van der Waals surface area contributed by atoms with Gasteiger partial charge >= 0.3 is 0 Å². The Morgan fingerprint density at radius 1 is 1.56 bits per heavy atom. The van der Waals surface area contributed by atoms with E-state index >= 15 is 0 Å². The molecule has 0 bridgehead atoms. The van der Waals surface area contributed by atoms with E-state index in [0.717, 1.165) is 5.76 Å². The van der Waals surface area contributed by atoms with Crippen molar-refractivity contribution in [3.05, 3.63) is 36.5 Å². The van der Waals surface area contributed by atoms with Gasteiger partial charge in [-0.25, -0.2) is 13.1 Å². The Balaban J connectivity index is 1.89. The molecule has 0 aliphatic rings. The molecule has 1 atom stereocenters. The molecule has 0 aliphatic heterocycles. The predicted octanol–water partition coefficient (Wildman–Crippen LogP) is 1.30. The molecule has 0 aliphatic carbocycles. The lowest BCUT2D eigenvalue weighted by Crippen LogP contribution is -2.32. The van der Waals surface area contributed by atoms with Crippen molar-refractivity contribution in [3.63, 3.8) is 0 Å². The van der Waals surface area contributed by atoms with E-state index in [1.54, 1.807) is 6.26 Å². The fraction of sp³-hybridized carbons (Fsp3) is 0.364. The number of hydrogen-bond donors (Lipinski definition) is 2. The number of aromatic amines is 1. The standard InChI is InChI=1S/C11H15N3O3S/c1-9(4-5-10-3-2-6-17-10)14-18(15,16)11-7-12-13-8-11/h2-3,6-9,14H,4-5H2,1H3,(H,12,13). The molecular formula is C11H15N3O3S. The van der Waals surface area contributed by atoms with Crippen LogP contribution >= 0.6 is 0 Å². The zero-order valence-corrected chi connectivity index (χ0v) is 10.8. The molecule has 2 aromatic rings. The van der Waals surface area contributed by atoms with Gasteiger partial charge in [0.15, 0.2) is 0 Å². The van der Waals surface area contributed by atoms with Crippen LogP contribution in [-0.4, -0.2) is 24.7 Å². The minimum absolute atomic E-state index is 0.146. The van der Waals surface area contributed by atoms with Crippen LogP contribution in [0.4, 0.5) is 0 Å². The number of nitrogens with one attached hydrogen (secondary N) is 2. The lowest BCUT2D eigenvalue weighted by Gasteiger charge is -2.12. The average Bonchev–Trinajstić information content (AvgIpc) is 2.99. The third-order valence-corrected chi connectivity index (χ3v) is 4.10. The third-order valence-electron chi connectivity index (χ3n) is 2.54. The summed E-state index contributed by atoms with van der Waals surface area (Å²) in [5.74, 6) is 0.851. The first-order valence-electron chi connectivity index (χ1n) is 5.61. The van der Waals surface area contributed by atoms with Gasteiger partial charge in [-0.3, -0.25) is 5.10 Å². The Labute approximate surface area is 105 Å². The molecule has 0 spiro atoms. The van der Waals surface area contributed by atoms with Crippen molar-refractivity contribution in [2.45, 2.75) is 30.7 Å². The summed E-state index contributed by atoms with van der Waals surface area (Å²) in [5.41, 5.74) is 0. The summed E-state index contributed by atoms with van der Waals surface area (Å²) in [4.78, 5) is 0.146. The van der Waals surface area contributed by atoms with E-state index < -0.39 is 10.0 Å². The largest absolute Gasteiger partial charge is 0.469 e. The van der Waals surface area contributed by atoms with E-state index in [0.29, 0.717) is 12.8 Å². The monoisotopic (exact) mass is 269 g/mol. The normalized spacial score (nSPS) is 13.6. The number of furan rings is 1. The predicted molar refractivity (Wildman–Crippen MR) is 65.4 cm³/mol. The second-order valence-electron chi connectivity index (χ2n) is 4.07. The van der Waals surface area contributed by atoms with Crippen molar-refractivity contribution < 1.29 is 12.8 Å². The number of nitrogens with zero attached hydrogens (tertiary/aromatic N) is 1. The van der Waals surface area contributed by atoms with Crippen molar-refractivity contribution in [2.75, 3.05) is 0 Å². The number of aromatic nitrogens is 2. The van der Waals surface area contributed by atoms with Gasteiger partial charge in [0.2, 0.25) is 10.0 Å². The molecule has 0 aromatic carbocycles. The number of sulfonamides is 1. The van der Waals surface area contributed by atoms with Gasteiger partial charge in [0.05, 0.1) is 12.5 Å². The molecule has 0 amide bonds. The second-order valence-corrected chi connectivity index (χ2v) is 5.79. The molecular weight excluding hydrogens is 254 g/mol. The van der Waals surface area contributed by atoms with Gasteiger partial charge in [0.25, 0.3) is 0 Å². The summed E-state index contributed by atoms with van der Waals surface area (Å²) in [5, 5.41) is 6.10. The molecule has 0 radical (unpaired) electrons. The van der Waals surface area contributed by atoms with Gasteiger partial charge < -0.3 is 4.42 Å². The minimum Gasteiger partial charge on any atom is -0.469 e. The molecule has 0 saturated heterocycles. The van der Waals surface area contributed by atoms with Crippen LogP contribution in [0.1, 0.15) is 19.1 Å². The summed E-state index contributed by atoms with van der Waals surface area (Å²) in [6.45, 7) is 1.82. The molecule has 2 rings (SSSR count). The Morgan fingerprint density at radius 3 is 3.00 bits per heavy atom. The Bertz CT molecular complexity index is 561. The summed E-state index contributed by atoms with van der Waals surface area (Å²) in [7, 11) is -3.48. The van der Waals surface area contributed by atoms with Crippen molar-refractivity contribution in [3.8, 4) is 0 Å². The van der Waals surface area contributed by atoms with Gasteiger partial charge in [-0.05, 0) is 25.5 Å². The van der Waals surface area contributed by atoms with Crippen LogP contribution in [0.3, 0.4) is 0 Å². The number of H-pyrrole nitrogens is 1. The Morgan fingerprint density at radius 2 is 2.39 bits per heavy atom. The molecule has 98 valence electrons. The highest BCUT2D eigenvalue weighted by atomic mass is 32.2. The first-order valence-corrected chi connectivity index (χ1v) is 7.10. The summed E-state index contributed by atoms with van der Waals surface area (Å²) in [6, 6.07) is 3.52. The van der Waals surface area contributed by atoms with Crippen LogP contribution in [0.15, 0.2) is 40.1 Å². The first kappa shape index (κ1) is 12.8. The maximum absolute atomic E-state index is 11.9. The van der Waals surface area contributed by atoms with Gasteiger partial charge in [-0.2, -0.15) is 5.10 Å². The lowest BCUT2D eigenvalue weighted by molar-refractivity contribution is 0.480. The quantitative estimate of drug-likeness (QED) is 0.827. The Kier molecular flexibility index (Phi) is 3.83. The zero-order chi connectivity index (χ0) is 13.0. The van der Waals surface area contributed by atoms with Gasteiger partial charge in [0, 0.05) is 18.7 Å². The molecule has 18 heavy (non-hydrogen) atoms. The molecule has 7 heteroatoms. The van der Waals surface area contributed by atoms with Gasteiger partial charge in [0.1, 0.15) is 10.7 Å². The van der Waals surface area contributed by atoms with Crippen LogP contribution in [-0.2, 0) is 16.4 Å². The van der Waals surface area contributed by atoms with Gasteiger partial charge in [-0.15, -0.1) is 0 Å². The molecule has 2 N–H and O–H groups in total. The zero-order valence-electron chi connectivity index (χ0n) is 9.96. The molecule has 2 aromatic heterocycles. The fourth-order valence-corrected chi connectivity index (χ4v) is 2.77. The molecule has 2 heterocycles. The van der Waals surface area contributed by atoms with Crippen LogP contribution in [0.5, 0.6) is 0 Å². The van der Waals surface area contributed by atoms with E-state index in [1.807, 2.05) is 19.1 Å². The van der Waals surface area contributed by atoms with E-state index in [9.17, 15) is 8.42 Å². The molecule has 0 fully saturated rings. The van der Waals surface area contributed by atoms with Crippen LogP contribution < -0.4 is 4.72 Å². The molecule has 0 saturated carbocycles. The highest BCUT2D eigenvalue weighted by molar-refractivity contribution is 7.89. The second kappa shape index (κ2) is 5.36. The van der Waals surface area contributed by atoms with Crippen molar-refractivity contribution >= 4 is 10.0 Å². The highest BCUT2D eigenvalue weighted by Gasteiger charge is 2.18. The van der Waals surface area contributed by atoms with Crippen molar-refractivity contribution in [2.24, 2.45) is 0 Å². The third kappa shape index (κ3) is 3.21. The van der Waals surface area contributed by atoms with E-state index in [2.05, 4.69) is 14.9 Å². The SMILES string of the molecule is CC(CCc1ccco1)NS(=O)(=O)c1cn[nH]c1. The topological polar surface area (TPSA) is 88.0 Å². The Hall–Kier alpha value is -1.60. The van der Waals surface area contributed by atoms with Gasteiger partial charge in [-0.1, -0.05) is 0 Å². The maximum atomic E-state index is 11.9. The summed E-state index contributed by atoms with van der Waals surface area (Å²) < 4.78 is 31.5. The van der Waals surface area contributed by atoms with Crippen molar-refractivity contribution in [1.29, 1.82) is 0 Å². The average molecular weight is 269 g/mol. The highest BCUT2D eigenvalue weighted by Crippen LogP contribution is 2.09. The number of aryl methyl sites for hydroxylation is 1. The van der Waals surface area contributed by atoms with Crippen molar-refractivity contribution in [1.82, 2.24) is 14.9 Å². The lowest BCUT2D eigenvalue weighted by atomic mass is 10.2. The van der Waals surface area contributed by atoms with Crippen LogP contribution in [0, 0.1) is 0 Å². The molecule has 1 unspecified atom stereocenters. The van der Waals surface area contributed by atoms with Crippen LogP contribution in [0.25, 0.3) is 0 Å². The van der Waals surface area contributed by atoms with E-state index in [-0.39, 0.29) is 10.9 Å². The summed E-state index contributed by atoms with van der Waals surface area (Å²) >= 11 is 0. The minimum atomic E-state index is -3.48. The summed E-state index contributed by atoms with van der Waals surface area (Å²) in [6.07, 6.45) is 5.60. The number of rotatable bonds is 6. The van der Waals surface area contributed by atoms with E-state index in [4.69, 9.17) is 4.42 Å². The maximum Gasteiger partial charge on any atom is 0.243 e. The van der Waals surface area contributed by atoms with E-state index in [1.165, 1.54) is 12.4 Å². The first-order chi connectivity index (χ1) is 8.58.